The molecule has 0 unspecified atom stereocenters. The van der Waals surface area contributed by atoms with Crippen molar-refractivity contribution in [2.45, 2.75) is 0 Å². The summed E-state index contributed by atoms with van der Waals surface area (Å²) in [7, 11) is 3.12. The van der Waals surface area contributed by atoms with Crippen LogP contribution in [-0.2, 0) is 0 Å². The largest absolute Gasteiger partial charge is 0.221 e. The molecule has 0 saturated carbocycles. The van der Waals surface area contributed by atoms with Gasteiger partial charge in [0.1, 0.15) is 11.8 Å². The van der Waals surface area contributed by atoms with Crippen LogP contribution in [0.4, 0.5) is 0 Å². The van der Waals surface area contributed by atoms with Crippen molar-refractivity contribution in [3.63, 3.8) is 0 Å². The molecule has 0 atom stereocenters. The molecule has 2 nitrogen and oxygen atoms in total. The number of hydrogen-bond acceptors (Lipinski definition) is 6. The molecule has 10 heavy (non-hydrogen) atoms. The SMILES string of the molecule is S=C=NCSSCN=C=S. The van der Waals surface area contributed by atoms with Gasteiger partial charge in [-0.25, -0.2) is 9.98 Å². The van der Waals surface area contributed by atoms with Crippen molar-refractivity contribution >= 4 is 56.3 Å². The summed E-state index contributed by atoms with van der Waals surface area (Å²) in [6.45, 7) is 0. The lowest BCUT2D eigenvalue weighted by Gasteiger charge is -1.87. The van der Waals surface area contributed by atoms with E-state index in [1.165, 1.54) is 0 Å². The van der Waals surface area contributed by atoms with Crippen LogP contribution in [0, 0.1) is 0 Å². The summed E-state index contributed by atoms with van der Waals surface area (Å²) in [6.07, 6.45) is 0. The fraction of sp³-hybridized carbons (Fsp3) is 0.500. The van der Waals surface area contributed by atoms with E-state index in [1.54, 1.807) is 21.6 Å². The molecule has 0 bridgehead atoms. The molecule has 54 valence electrons. The number of isothiocyanates is 2. The van der Waals surface area contributed by atoms with Crippen LogP contribution >= 0.6 is 46.0 Å². The molecule has 0 spiro atoms. The van der Waals surface area contributed by atoms with E-state index in [2.05, 4.69) is 44.7 Å². The topological polar surface area (TPSA) is 24.7 Å². The monoisotopic (exact) mass is 208 g/mol. The maximum atomic E-state index is 4.36. The average Bonchev–Trinajstić information content (AvgIpc) is 1.97. The van der Waals surface area contributed by atoms with Gasteiger partial charge in [-0.1, -0.05) is 21.6 Å². The third kappa shape index (κ3) is 8.30. The van der Waals surface area contributed by atoms with Gasteiger partial charge in [0.05, 0.1) is 10.3 Å². The maximum Gasteiger partial charge on any atom is 0.105 e. The second-order valence-electron chi connectivity index (χ2n) is 0.993. The van der Waals surface area contributed by atoms with Crippen LogP contribution in [0.2, 0.25) is 0 Å². The van der Waals surface area contributed by atoms with Crippen LogP contribution in [0.3, 0.4) is 0 Å². The molecule has 0 aliphatic carbocycles. The second-order valence-corrected chi connectivity index (χ2v) is 3.76. The molecule has 0 saturated heterocycles. The smallest absolute Gasteiger partial charge is 0.105 e. The summed E-state index contributed by atoms with van der Waals surface area (Å²) in [5.74, 6) is 1.25. The molecule has 0 aromatic heterocycles. The molecule has 0 fully saturated rings. The third-order valence-corrected chi connectivity index (χ3v) is 2.47. The summed E-state index contributed by atoms with van der Waals surface area (Å²) < 4.78 is 0. The summed E-state index contributed by atoms with van der Waals surface area (Å²) >= 11 is 8.72. The van der Waals surface area contributed by atoms with Gasteiger partial charge in [0.15, 0.2) is 0 Å². The minimum absolute atomic E-state index is 0.626. The average molecular weight is 208 g/mol. The first-order valence-corrected chi connectivity index (χ1v) is 5.54. The van der Waals surface area contributed by atoms with Gasteiger partial charge in [0, 0.05) is 0 Å². The number of aliphatic imine (C=N–C) groups is 2. The predicted octanol–water partition coefficient (Wildman–Crippen LogP) is 2.49. The first kappa shape index (κ1) is 10.3. The van der Waals surface area contributed by atoms with Crippen molar-refractivity contribution in [2.75, 3.05) is 11.8 Å². The van der Waals surface area contributed by atoms with Crippen molar-refractivity contribution in [1.82, 2.24) is 0 Å². The molecule has 0 heterocycles. The zero-order chi connectivity index (χ0) is 7.66. The summed E-state index contributed by atoms with van der Waals surface area (Å²) in [6, 6.07) is 0. The standard InChI is InChI=1S/C4H4N2S4/c7-1-5-3-9-10-4-6-2-8/h3-4H2. The fourth-order valence-corrected chi connectivity index (χ4v) is 1.62. The van der Waals surface area contributed by atoms with Crippen LogP contribution < -0.4 is 0 Å². The van der Waals surface area contributed by atoms with Gasteiger partial charge in [0.25, 0.3) is 0 Å². The van der Waals surface area contributed by atoms with Crippen LogP contribution in [0.25, 0.3) is 0 Å². The van der Waals surface area contributed by atoms with Crippen LogP contribution in [-0.4, -0.2) is 22.1 Å². The quantitative estimate of drug-likeness (QED) is 0.300. The highest BCUT2D eigenvalue weighted by molar-refractivity contribution is 8.76. The van der Waals surface area contributed by atoms with Gasteiger partial charge in [-0.3, -0.25) is 0 Å². The van der Waals surface area contributed by atoms with Crippen molar-refractivity contribution in [2.24, 2.45) is 9.98 Å². The first-order chi connectivity index (χ1) is 4.91. The zero-order valence-corrected chi connectivity index (χ0v) is 8.21. The lowest BCUT2D eigenvalue weighted by atomic mass is 11.4. The van der Waals surface area contributed by atoms with E-state index in [1.807, 2.05) is 0 Å². The Hall–Kier alpha value is 0.300. The normalized spacial score (nSPS) is 7.60. The predicted molar refractivity (Wildman–Crippen MR) is 55.0 cm³/mol. The van der Waals surface area contributed by atoms with Gasteiger partial charge < -0.3 is 0 Å². The number of rotatable bonds is 5. The highest BCUT2D eigenvalue weighted by Gasteiger charge is 1.82. The zero-order valence-electron chi connectivity index (χ0n) is 4.94. The molecule has 0 rings (SSSR count). The molecule has 0 aliphatic rings. The number of hydrogen-bond donors (Lipinski definition) is 0. The minimum atomic E-state index is 0.626. The highest BCUT2D eigenvalue weighted by atomic mass is 33.1. The van der Waals surface area contributed by atoms with Gasteiger partial charge in [-0.05, 0) is 24.4 Å². The molecular formula is C4H4N2S4. The number of nitrogens with zero attached hydrogens (tertiary/aromatic N) is 2. The molecule has 0 aromatic carbocycles. The Morgan fingerprint density at radius 3 is 1.70 bits per heavy atom. The lowest BCUT2D eigenvalue weighted by Crippen LogP contribution is -1.67. The van der Waals surface area contributed by atoms with E-state index in [-0.39, 0.29) is 0 Å². The Morgan fingerprint density at radius 2 is 1.40 bits per heavy atom. The molecule has 0 aliphatic heterocycles. The van der Waals surface area contributed by atoms with Gasteiger partial charge in [-0.2, -0.15) is 0 Å². The van der Waals surface area contributed by atoms with Crippen molar-refractivity contribution < 1.29 is 0 Å². The summed E-state index contributed by atoms with van der Waals surface area (Å²) in [5, 5.41) is 4.53. The molecule has 0 radical (unpaired) electrons. The van der Waals surface area contributed by atoms with Gasteiger partial charge in [-0.15, -0.1) is 0 Å². The van der Waals surface area contributed by atoms with Crippen molar-refractivity contribution in [1.29, 1.82) is 0 Å². The molecular weight excluding hydrogens is 204 g/mol. The van der Waals surface area contributed by atoms with Crippen LogP contribution in [0.15, 0.2) is 9.98 Å². The molecule has 0 amide bonds. The van der Waals surface area contributed by atoms with E-state index < -0.39 is 0 Å². The number of thiocarbonyl (C=S) groups is 2. The van der Waals surface area contributed by atoms with E-state index >= 15 is 0 Å². The summed E-state index contributed by atoms with van der Waals surface area (Å²) in [4.78, 5) is 7.38. The summed E-state index contributed by atoms with van der Waals surface area (Å²) in [5.41, 5.74) is 0. The minimum Gasteiger partial charge on any atom is -0.221 e. The van der Waals surface area contributed by atoms with Gasteiger partial charge in [0.2, 0.25) is 0 Å². The van der Waals surface area contributed by atoms with Gasteiger partial charge >= 0.3 is 0 Å². The van der Waals surface area contributed by atoms with E-state index in [0.717, 1.165) is 0 Å². The van der Waals surface area contributed by atoms with E-state index in [4.69, 9.17) is 0 Å². The molecule has 6 heteroatoms. The maximum absolute atomic E-state index is 4.36. The van der Waals surface area contributed by atoms with Crippen molar-refractivity contribution in [3.8, 4) is 0 Å². The Bertz CT molecular complexity index is 148. The van der Waals surface area contributed by atoms with Crippen molar-refractivity contribution in [3.05, 3.63) is 0 Å². The second kappa shape index (κ2) is 9.30. The molecule has 0 N–H and O–H groups in total. The van der Waals surface area contributed by atoms with Crippen LogP contribution in [0.5, 0.6) is 0 Å². The first-order valence-electron chi connectivity index (χ1n) is 2.23. The van der Waals surface area contributed by atoms with E-state index in [0.29, 0.717) is 11.8 Å². The Balaban J connectivity index is 3.04. The van der Waals surface area contributed by atoms with E-state index in [9.17, 15) is 0 Å². The molecule has 0 aromatic rings. The Labute approximate surface area is 78.0 Å². The van der Waals surface area contributed by atoms with Crippen LogP contribution in [0.1, 0.15) is 0 Å². The lowest BCUT2D eigenvalue weighted by molar-refractivity contribution is 1.41. The highest BCUT2D eigenvalue weighted by Crippen LogP contribution is 2.20. The third-order valence-electron chi connectivity index (χ3n) is 0.447. The fourth-order valence-electron chi connectivity index (χ4n) is 0.180. The Kier molecular flexibility index (Phi) is 9.58. The Morgan fingerprint density at radius 1 is 1.00 bits per heavy atom.